The van der Waals surface area contributed by atoms with Gasteiger partial charge in [-0.2, -0.15) is 0 Å². The molecule has 1 unspecified atom stereocenters. The standard InChI is InChI=1S/C12H11F3O5/c1-2-9(16)8-5-6(20-12(13,14)15)3-4-7(8)10(17)11(18)19/h3-5,10,17H,2H2,1H3,(H,18,19). The van der Waals surface area contributed by atoms with Gasteiger partial charge in [0.1, 0.15) is 5.75 Å². The van der Waals surface area contributed by atoms with Crippen molar-refractivity contribution in [2.45, 2.75) is 25.8 Å². The highest BCUT2D eigenvalue weighted by Gasteiger charge is 2.32. The van der Waals surface area contributed by atoms with Gasteiger partial charge >= 0.3 is 12.3 Å². The summed E-state index contributed by atoms with van der Waals surface area (Å²) in [7, 11) is 0. The number of benzene rings is 1. The lowest BCUT2D eigenvalue weighted by molar-refractivity contribution is -0.274. The van der Waals surface area contributed by atoms with Crippen LogP contribution in [0.2, 0.25) is 0 Å². The second kappa shape index (κ2) is 5.91. The molecule has 0 aliphatic rings. The van der Waals surface area contributed by atoms with Crippen molar-refractivity contribution in [1.82, 2.24) is 0 Å². The molecule has 0 spiro atoms. The molecule has 20 heavy (non-hydrogen) atoms. The van der Waals surface area contributed by atoms with Gasteiger partial charge in [0, 0.05) is 17.5 Å². The first kappa shape index (κ1) is 16.0. The van der Waals surface area contributed by atoms with Crippen LogP contribution in [0.5, 0.6) is 5.75 Å². The summed E-state index contributed by atoms with van der Waals surface area (Å²) in [6.07, 6.45) is -6.99. The fraction of sp³-hybridized carbons (Fsp3) is 0.333. The molecule has 110 valence electrons. The number of ether oxygens (including phenoxy) is 1. The van der Waals surface area contributed by atoms with Crippen molar-refractivity contribution in [2.24, 2.45) is 0 Å². The highest BCUT2D eigenvalue weighted by atomic mass is 19.4. The minimum absolute atomic E-state index is 0.0607. The normalized spacial score (nSPS) is 12.8. The zero-order chi connectivity index (χ0) is 15.5. The molecule has 0 radical (unpaired) electrons. The van der Waals surface area contributed by atoms with E-state index in [9.17, 15) is 27.9 Å². The van der Waals surface area contributed by atoms with Crippen molar-refractivity contribution >= 4 is 11.8 Å². The second-order valence-corrected chi connectivity index (χ2v) is 3.81. The van der Waals surface area contributed by atoms with Gasteiger partial charge in [-0.3, -0.25) is 4.79 Å². The van der Waals surface area contributed by atoms with E-state index < -0.39 is 30.0 Å². The fourth-order valence-corrected chi connectivity index (χ4v) is 1.54. The van der Waals surface area contributed by atoms with Gasteiger partial charge in [0.15, 0.2) is 11.9 Å². The number of carboxylic acid groups (broad SMARTS) is 1. The van der Waals surface area contributed by atoms with Gasteiger partial charge in [-0.05, 0) is 12.1 Å². The third-order valence-electron chi connectivity index (χ3n) is 2.41. The molecule has 8 heteroatoms. The van der Waals surface area contributed by atoms with Crippen molar-refractivity contribution in [3.8, 4) is 5.75 Å². The van der Waals surface area contributed by atoms with E-state index in [1.54, 1.807) is 0 Å². The van der Waals surface area contributed by atoms with Crippen LogP contribution in [-0.2, 0) is 4.79 Å². The maximum absolute atomic E-state index is 12.1. The lowest BCUT2D eigenvalue weighted by Crippen LogP contribution is -2.19. The molecular formula is C12H11F3O5. The van der Waals surface area contributed by atoms with E-state index in [1.807, 2.05) is 0 Å². The van der Waals surface area contributed by atoms with Crippen molar-refractivity contribution in [3.63, 3.8) is 0 Å². The van der Waals surface area contributed by atoms with Crippen LogP contribution in [-0.4, -0.2) is 28.3 Å². The minimum atomic E-state index is -4.93. The minimum Gasteiger partial charge on any atom is -0.479 e. The molecule has 0 heterocycles. The molecule has 1 aromatic carbocycles. The summed E-state index contributed by atoms with van der Waals surface area (Å²) in [4.78, 5) is 22.3. The zero-order valence-corrected chi connectivity index (χ0v) is 10.3. The van der Waals surface area contributed by atoms with Crippen LogP contribution in [0.25, 0.3) is 0 Å². The summed E-state index contributed by atoms with van der Waals surface area (Å²) >= 11 is 0. The van der Waals surface area contributed by atoms with Crippen molar-refractivity contribution in [3.05, 3.63) is 29.3 Å². The Labute approximate surface area is 111 Å². The number of carboxylic acids is 1. The number of aliphatic hydroxyl groups is 1. The number of aliphatic carboxylic acids is 1. The van der Waals surface area contributed by atoms with Gasteiger partial charge in [-0.25, -0.2) is 4.79 Å². The number of carbonyl (C=O) groups is 2. The van der Waals surface area contributed by atoms with Crippen LogP contribution in [0.1, 0.15) is 35.4 Å². The van der Waals surface area contributed by atoms with Gasteiger partial charge in [-0.1, -0.05) is 13.0 Å². The van der Waals surface area contributed by atoms with Crippen molar-refractivity contribution < 1.29 is 37.7 Å². The van der Waals surface area contributed by atoms with E-state index in [0.717, 1.165) is 18.2 Å². The molecule has 0 aliphatic heterocycles. The summed E-state index contributed by atoms with van der Waals surface area (Å²) in [5.41, 5.74) is -0.594. The molecule has 1 atom stereocenters. The number of ketones is 1. The van der Waals surface area contributed by atoms with Crippen molar-refractivity contribution in [1.29, 1.82) is 0 Å². The van der Waals surface area contributed by atoms with E-state index in [-0.39, 0.29) is 17.5 Å². The third kappa shape index (κ3) is 3.95. The van der Waals surface area contributed by atoms with Crippen LogP contribution in [0.15, 0.2) is 18.2 Å². The Hall–Kier alpha value is -2.09. The largest absolute Gasteiger partial charge is 0.573 e. The molecule has 0 fully saturated rings. The number of halogens is 3. The van der Waals surface area contributed by atoms with Crippen LogP contribution < -0.4 is 4.74 Å². The molecule has 1 aromatic rings. The molecule has 0 saturated heterocycles. The first-order chi connectivity index (χ1) is 9.15. The zero-order valence-electron chi connectivity index (χ0n) is 10.3. The fourth-order valence-electron chi connectivity index (χ4n) is 1.54. The monoisotopic (exact) mass is 292 g/mol. The first-order valence-electron chi connectivity index (χ1n) is 5.49. The molecule has 1 rings (SSSR count). The third-order valence-corrected chi connectivity index (χ3v) is 2.41. The van der Waals surface area contributed by atoms with Crippen LogP contribution in [0.3, 0.4) is 0 Å². The number of aliphatic hydroxyl groups excluding tert-OH is 1. The number of alkyl halides is 3. The quantitative estimate of drug-likeness (QED) is 0.813. The Morgan fingerprint density at radius 2 is 1.95 bits per heavy atom. The van der Waals surface area contributed by atoms with Gasteiger partial charge in [0.05, 0.1) is 0 Å². The maximum Gasteiger partial charge on any atom is 0.573 e. The molecule has 2 N–H and O–H groups in total. The van der Waals surface area contributed by atoms with Crippen LogP contribution >= 0.6 is 0 Å². The molecular weight excluding hydrogens is 281 g/mol. The Morgan fingerprint density at radius 1 is 1.35 bits per heavy atom. The van der Waals surface area contributed by atoms with E-state index in [2.05, 4.69) is 4.74 Å². The second-order valence-electron chi connectivity index (χ2n) is 3.81. The molecule has 0 aliphatic carbocycles. The number of hydrogen-bond donors (Lipinski definition) is 2. The first-order valence-corrected chi connectivity index (χ1v) is 5.49. The highest BCUT2D eigenvalue weighted by molar-refractivity contribution is 5.99. The SMILES string of the molecule is CCC(=O)c1cc(OC(F)(F)F)ccc1C(O)C(=O)O. The predicted octanol–water partition coefficient (Wildman–Crippen LogP) is 2.30. The van der Waals surface area contributed by atoms with E-state index in [4.69, 9.17) is 5.11 Å². The predicted molar refractivity (Wildman–Crippen MR) is 60.3 cm³/mol. The summed E-state index contributed by atoms with van der Waals surface area (Å²) in [6, 6.07) is 2.52. The summed E-state index contributed by atoms with van der Waals surface area (Å²) in [5, 5.41) is 18.1. The topological polar surface area (TPSA) is 83.8 Å². The number of rotatable bonds is 5. The Bertz CT molecular complexity index is 524. The lowest BCUT2D eigenvalue weighted by atomic mass is 9.97. The van der Waals surface area contributed by atoms with Gasteiger partial charge in [0.2, 0.25) is 0 Å². The lowest BCUT2D eigenvalue weighted by Gasteiger charge is -2.14. The van der Waals surface area contributed by atoms with E-state index in [1.165, 1.54) is 6.92 Å². The van der Waals surface area contributed by atoms with Gasteiger partial charge in [-0.15, -0.1) is 13.2 Å². The molecule has 0 amide bonds. The number of hydrogen-bond acceptors (Lipinski definition) is 4. The maximum atomic E-state index is 12.1. The van der Waals surface area contributed by atoms with Crippen LogP contribution in [0, 0.1) is 0 Å². The highest BCUT2D eigenvalue weighted by Crippen LogP contribution is 2.28. The number of carbonyl (C=O) groups excluding carboxylic acids is 1. The Morgan fingerprint density at radius 3 is 2.40 bits per heavy atom. The summed E-state index contributed by atoms with van der Waals surface area (Å²) in [5.74, 6) is -2.87. The molecule has 5 nitrogen and oxygen atoms in total. The summed E-state index contributed by atoms with van der Waals surface area (Å²) < 4.78 is 39.9. The van der Waals surface area contributed by atoms with Crippen LogP contribution in [0.4, 0.5) is 13.2 Å². The van der Waals surface area contributed by atoms with E-state index >= 15 is 0 Å². The molecule has 0 bridgehead atoms. The number of Topliss-reactive ketones (excluding diaryl/α,β-unsaturated/α-hetero) is 1. The van der Waals surface area contributed by atoms with Gasteiger partial charge < -0.3 is 14.9 Å². The molecule has 0 aromatic heterocycles. The smallest absolute Gasteiger partial charge is 0.479 e. The van der Waals surface area contributed by atoms with E-state index in [0.29, 0.717) is 0 Å². The van der Waals surface area contributed by atoms with Gasteiger partial charge in [0.25, 0.3) is 0 Å². The Kier molecular flexibility index (Phi) is 4.72. The molecule has 0 saturated carbocycles. The van der Waals surface area contributed by atoms with Crippen molar-refractivity contribution in [2.75, 3.05) is 0 Å². The average molecular weight is 292 g/mol. The Balaban J connectivity index is 3.27. The average Bonchev–Trinajstić information content (AvgIpc) is 2.34. The summed E-state index contributed by atoms with van der Waals surface area (Å²) in [6.45, 7) is 1.45.